The van der Waals surface area contributed by atoms with Crippen LogP contribution in [0.5, 0.6) is 5.75 Å². The van der Waals surface area contributed by atoms with Crippen molar-refractivity contribution in [3.05, 3.63) is 42.6 Å². The average molecular weight is 352 g/mol. The van der Waals surface area contributed by atoms with Crippen LogP contribution in [0.25, 0.3) is 22.8 Å². The van der Waals surface area contributed by atoms with Crippen LogP contribution in [-0.4, -0.2) is 46.5 Å². The molecule has 1 fully saturated rings. The van der Waals surface area contributed by atoms with E-state index < -0.39 is 0 Å². The second-order valence-electron chi connectivity index (χ2n) is 6.23. The van der Waals surface area contributed by atoms with Gasteiger partial charge in [-0.05, 0) is 49.2 Å². The minimum absolute atomic E-state index is 0.151. The number of rotatable bonds is 5. The van der Waals surface area contributed by atoms with Gasteiger partial charge in [0.1, 0.15) is 11.6 Å². The first-order valence-electron chi connectivity index (χ1n) is 8.60. The minimum atomic E-state index is 0.151. The van der Waals surface area contributed by atoms with Gasteiger partial charge in [-0.3, -0.25) is 0 Å². The number of nitrogens with zero attached hydrogens (tertiary/aromatic N) is 4. The Morgan fingerprint density at radius 1 is 1.19 bits per heavy atom. The fraction of sp³-hybridized carbons (Fsp3) is 0.316. The monoisotopic (exact) mass is 352 g/mol. The van der Waals surface area contributed by atoms with Crippen molar-refractivity contribution in [2.75, 3.05) is 25.2 Å². The summed E-state index contributed by atoms with van der Waals surface area (Å²) in [7, 11) is 1.63. The van der Waals surface area contributed by atoms with Crippen molar-refractivity contribution in [3.63, 3.8) is 0 Å². The standard InChI is InChI=1S/C19H20N4O3/c1-25-16-7-4-13(5-8-16)18-21-19(26-22-18)14-6-9-17(20-11-14)23-10-2-3-15(23)12-24/h4-9,11,15,24H,2-3,10,12H2,1H3/t15-/m0/s1. The molecule has 1 saturated heterocycles. The third kappa shape index (κ3) is 3.13. The van der Waals surface area contributed by atoms with Crippen LogP contribution >= 0.6 is 0 Å². The lowest BCUT2D eigenvalue weighted by Gasteiger charge is -2.23. The largest absolute Gasteiger partial charge is 0.497 e. The highest BCUT2D eigenvalue weighted by molar-refractivity contribution is 5.61. The lowest BCUT2D eigenvalue weighted by molar-refractivity contribution is 0.266. The van der Waals surface area contributed by atoms with Crippen molar-refractivity contribution >= 4 is 5.82 Å². The summed E-state index contributed by atoms with van der Waals surface area (Å²) in [6.45, 7) is 1.07. The normalized spacial score (nSPS) is 16.8. The zero-order chi connectivity index (χ0) is 17.9. The van der Waals surface area contributed by atoms with Crippen molar-refractivity contribution in [3.8, 4) is 28.6 Å². The first kappa shape index (κ1) is 16.5. The van der Waals surface area contributed by atoms with E-state index in [1.807, 2.05) is 36.4 Å². The van der Waals surface area contributed by atoms with Gasteiger partial charge in [0.25, 0.3) is 5.89 Å². The number of pyridine rings is 1. The Bertz CT molecular complexity index is 861. The van der Waals surface area contributed by atoms with Gasteiger partial charge in [-0.1, -0.05) is 5.16 Å². The van der Waals surface area contributed by atoms with Crippen LogP contribution < -0.4 is 9.64 Å². The van der Waals surface area contributed by atoms with Crippen molar-refractivity contribution < 1.29 is 14.4 Å². The van der Waals surface area contributed by atoms with Crippen LogP contribution in [0, 0.1) is 0 Å². The summed E-state index contributed by atoms with van der Waals surface area (Å²) in [6, 6.07) is 11.5. The Labute approximate surface area is 151 Å². The van der Waals surface area contributed by atoms with E-state index in [4.69, 9.17) is 9.26 Å². The molecular formula is C19H20N4O3. The number of anilines is 1. The molecule has 1 N–H and O–H groups in total. The number of hydrogen-bond donors (Lipinski definition) is 1. The smallest absolute Gasteiger partial charge is 0.259 e. The zero-order valence-corrected chi connectivity index (χ0v) is 14.5. The minimum Gasteiger partial charge on any atom is -0.497 e. The van der Waals surface area contributed by atoms with Gasteiger partial charge in [0.15, 0.2) is 0 Å². The average Bonchev–Trinajstić information content (AvgIpc) is 3.38. The molecule has 0 spiro atoms. The van der Waals surface area contributed by atoms with E-state index in [0.717, 1.165) is 42.1 Å². The summed E-state index contributed by atoms with van der Waals surface area (Å²) in [5.41, 5.74) is 1.62. The second-order valence-corrected chi connectivity index (χ2v) is 6.23. The molecule has 0 unspecified atom stereocenters. The maximum atomic E-state index is 9.46. The summed E-state index contributed by atoms with van der Waals surface area (Å²) < 4.78 is 10.5. The fourth-order valence-electron chi connectivity index (χ4n) is 3.21. The Morgan fingerprint density at radius 3 is 2.69 bits per heavy atom. The van der Waals surface area contributed by atoms with Crippen molar-refractivity contribution in [2.24, 2.45) is 0 Å². The Morgan fingerprint density at radius 2 is 2.00 bits per heavy atom. The van der Waals surface area contributed by atoms with Crippen LogP contribution in [0.3, 0.4) is 0 Å². The van der Waals surface area contributed by atoms with E-state index in [9.17, 15) is 5.11 Å². The van der Waals surface area contributed by atoms with Gasteiger partial charge in [0, 0.05) is 18.3 Å². The third-order valence-electron chi connectivity index (χ3n) is 4.65. The first-order chi connectivity index (χ1) is 12.8. The van der Waals surface area contributed by atoms with Crippen molar-refractivity contribution in [1.29, 1.82) is 0 Å². The number of hydrogen-bond acceptors (Lipinski definition) is 7. The van der Waals surface area contributed by atoms with Gasteiger partial charge >= 0.3 is 0 Å². The molecule has 3 aromatic rings. The van der Waals surface area contributed by atoms with Crippen LogP contribution in [0.4, 0.5) is 5.82 Å². The summed E-state index contributed by atoms with van der Waals surface area (Å²) in [4.78, 5) is 11.1. The van der Waals surface area contributed by atoms with Gasteiger partial charge in [-0.2, -0.15) is 4.98 Å². The lowest BCUT2D eigenvalue weighted by Crippen LogP contribution is -2.32. The lowest BCUT2D eigenvalue weighted by atomic mass is 10.2. The molecule has 1 aliphatic rings. The maximum Gasteiger partial charge on any atom is 0.259 e. The summed E-state index contributed by atoms with van der Waals surface area (Å²) in [5.74, 6) is 2.59. The molecule has 0 aliphatic carbocycles. The number of benzene rings is 1. The SMILES string of the molecule is COc1ccc(-c2noc(-c3ccc(N4CCC[C@H]4CO)nc3)n2)cc1. The van der Waals surface area contributed by atoms with Gasteiger partial charge in [0.2, 0.25) is 5.82 Å². The fourth-order valence-corrected chi connectivity index (χ4v) is 3.21. The van der Waals surface area contributed by atoms with E-state index >= 15 is 0 Å². The molecule has 0 amide bonds. The molecule has 0 bridgehead atoms. The highest BCUT2D eigenvalue weighted by Gasteiger charge is 2.24. The highest BCUT2D eigenvalue weighted by atomic mass is 16.5. The van der Waals surface area contributed by atoms with Crippen LogP contribution in [0.15, 0.2) is 47.1 Å². The van der Waals surface area contributed by atoms with Crippen LogP contribution in [0.2, 0.25) is 0 Å². The number of ether oxygens (including phenoxy) is 1. The third-order valence-corrected chi connectivity index (χ3v) is 4.65. The molecule has 0 saturated carbocycles. The second kappa shape index (κ2) is 7.13. The number of aliphatic hydroxyl groups excluding tert-OH is 1. The molecule has 7 nitrogen and oxygen atoms in total. The highest BCUT2D eigenvalue weighted by Crippen LogP contribution is 2.27. The van der Waals surface area contributed by atoms with Crippen LogP contribution in [-0.2, 0) is 0 Å². The molecule has 2 aromatic heterocycles. The molecule has 1 atom stereocenters. The molecule has 3 heterocycles. The zero-order valence-electron chi connectivity index (χ0n) is 14.5. The van der Waals surface area contributed by atoms with E-state index in [1.165, 1.54) is 0 Å². The Hall–Kier alpha value is -2.93. The van der Waals surface area contributed by atoms with Crippen molar-refractivity contribution in [2.45, 2.75) is 18.9 Å². The summed E-state index contributed by atoms with van der Waals surface area (Å²) in [6.07, 6.45) is 3.80. The van der Waals surface area contributed by atoms with E-state index in [1.54, 1.807) is 13.3 Å². The van der Waals surface area contributed by atoms with Crippen molar-refractivity contribution in [1.82, 2.24) is 15.1 Å². The molecule has 4 rings (SSSR count). The number of aromatic nitrogens is 3. The predicted molar refractivity (Wildman–Crippen MR) is 97.0 cm³/mol. The Balaban J connectivity index is 1.53. The topological polar surface area (TPSA) is 84.5 Å². The van der Waals surface area contributed by atoms with Crippen LogP contribution in [0.1, 0.15) is 12.8 Å². The van der Waals surface area contributed by atoms with E-state index in [-0.39, 0.29) is 12.6 Å². The molecule has 7 heteroatoms. The summed E-state index contributed by atoms with van der Waals surface area (Å²) >= 11 is 0. The van der Waals surface area contributed by atoms with Gasteiger partial charge < -0.3 is 19.3 Å². The predicted octanol–water partition coefficient (Wildman–Crippen LogP) is 2.77. The molecular weight excluding hydrogens is 332 g/mol. The Kier molecular flexibility index (Phi) is 4.53. The van der Waals surface area contributed by atoms with Gasteiger partial charge in [0.05, 0.1) is 25.3 Å². The first-order valence-corrected chi connectivity index (χ1v) is 8.60. The number of methoxy groups -OCH3 is 1. The molecule has 1 aromatic carbocycles. The molecule has 1 aliphatic heterocycles. The van der Waals surface area contributed by atoms with Gasteiger partial charge in [-0.25, -0.2) is 4.98 Å². The molecule has 26 heavy (non-hydrogen) atoms. The quantitative estimate of drug-likeness (QED) is 0.756. The molecule has 0 radical (unpaired) electrons. The summed E-state index contributed by atoms with van der Waals surface area (Å²) in [5, 5.41) is 13.5. The number of aliphatic hydroxyl groups is 1. The van der Waals surface area contributed by atoms with E-state index in [0.29, 0.717) is 11.7 Å². The van der Waals surface area contributed by atoms with Gasteiger partial charge in [-0.15, -0.1) is 0 Å². The maximum absolute atomic E-state index is 9.46. The van der Waals surface area contributed by atoms with E-state index in [2.05, 4.69) is 20.0 Å². The molecule has 134 valence electrons.